The monoisotopic (exact) mass is 349 g/mol. The molecule has 0 fully saturated rings. The summed E-state index contributed by atoms with van der Waals surface area (Å²) in [6.45, 7) is 2.33. The Morgan fingerprint density at radius 2 is 1.75 bits per heavy atom. The number of hydrogen-bond acceptors (Lipinski definition) is 5. The normalized spacial score (nSPS) is 14.9. The Morgan fingerprint density at radius 3 is 2.42 bits per heavy atom. The fourth-order valence-electron chi connectivity index (χ4n) is 2.49. The molecule has 0 aromatic heterocycles. The van der Waals surface area contributed by atoms with E-state index in [9.17, 15) is 13.5 Å². The molecule has 2 aromatic rings. The first-order chi connectivity index (χ1) is 11.5. The SMILES string of the molecule is CC(O)CN(c1ccccc1)S(=O)(=O)c1ccc2c(c1)OCCO2. The van der Waals surface area contributed by atoms with Crippen molar-refractivity contribution in [3.63, 3.8) is 0 Å². The molecule has 1 atom stereocenters. The van der Waals surface area contributed by atoms with Gasteiger partial charge in [0.1, 0.15) is 13.2 Å². The molecule has 1 aliphatic heterocycles. The van der Waals surface area contributed by atoms with Crippen LogP contribution in [0.15, 0.2) is 53.4 Å². The third kappa shape index (κ3) is 3.32. The molecule has 0 saturated heterocycles. The highest BCUT2D eigenvalue weighted by Crippen LogP contribution is 2.34. The first kappa shape index (κ1) is 16.6. The predicted molar refractivity (Wildman–Crippen MR) is 90.1 cm³/mol. The van der Waals surface area contributed by atoms with Crippen molar-refractivity contribution in [3.8, 4) is 11.5 Å². The summed E-state index contributed by atoms with van der Waals surface area (Å²) in [5.74, 6) is 0.939. The summed E-state index contributed by atoms with van der Waals surface area (Å²) >= 11 is 0. The van der Waals surface area contributed by atoms with Crippen molar-refractivity contribution < 1.29 is 23.0 Å². The summed E-state index contributed by atoms with van der Waals surface area (Å²) < 4.78 is 38.2. The van der Waals surface area contributed by atoms with Crippen molar-refractivity contribution >= 4 is 15.7 Å². The maximum absolute atomic E-state index is 13.1. The van der Waals surface area contributed by atoms with E-state index in [-0.39, 0.29) is 11.4 Å². The van der Waals surface area contributed by atoms with Crippen LogP contribution in [0.2, 0.25) is 0 Å². The number of anilines is 1. The van der Waals surface area contributed by atoms with Crippen molar-refractivity contribution in [2.24, 2.45) is 0 Å². The van der Waals surface area contributed by atoms with Gasteiger partial charge >= 0.3 is 0 Å². The summed E-state index contributed by atoms with van der Waals surface area (Å²) in [7, 11) is -3.84. The van der Waals surface area contributed by atoms with E-state index in [1.807, 2.05) is 0 Å². The third-order valence-corrected chi connectivity index (χ3v) is 5.37. The fraction of sp³-hybridized carbons (Fsp3) is 0.294. The van der Waals surface area contributed by atoms with Gasteiger partial charge in [0.25, 0.3) is 10.0 Å². The molecule has 0 aliphatic carbocycles. The molecule has 2 aromatic carbocycles. The van der Waals surface area contributed by atoms with E-state index in [0.29, 0.717) is 30.4 Å². The smallest absolute Gasteiger partial charge is 0.264 e. The van der Waals surface area contributed by atoms with Gasteiger partial charge in [-0.2, -0.15) is 0 Å². The lowest BCUT2D eigenvalue weighted by Gasteiger charge is -2.26. The third-order valence-electron chi connectivity index (χ3n) is 3.58. The van der Waals surface area contributed by atoms with Crippen LogP contribution in [0, 0.1) is 0 Å². The maximum atomic E-state index is 13.1. The van der Waals surface area contributed by atoms with Gasteiger partial charge in [-0.15, -0.1) is 0 Å². The van der Waals surface area contributed by atoms with Crippen LogP contribution < -0.4 is 13.8 Å². The Kier molecular flexibility index (Phi) is 4.64. The topological polar surface area (TPSA) is 76.1 Å². The van der Waals surface area contributed by atoms with Crippen molar-refractivity contribution in [2.75, 3.05) is 24.1 Å². The molecule has 1 unspecified atom stereocenters. The second-order valence-corrected chi connectivity index (χ2v) is 7.39. The van der Waals surface area contributed by atoms with Crippen molar-refractivity contribution in [1.82, 2.24) is 0 Å². The number of hydrogen-bond donors (Lipinski definition) is 1. The number of ether oxygens (including phenoxy) is 2. The number of nitrogens with zero attached hydrogens (tertiary/aromatic N) is 1. The van der Waals surface area contributed by atoms with Gasteiger partial charge in [0.05, 0.1) is 23.2 Å². The lowest BCUT2D eigenvalue weighted by molar-refractivity contribution is 0.171. The van der Waals surface area contributed by atoms with Gasteiger partial charge in [0, 0.05) is 6.07 Å². The van der Waals surface area contributed by atoms with Gasteiger partial charge in [0.2, 0.25) is 0 Å². The Bertz CT molecular complexity index is 805. The van der Waals surface area contributed by atoms with Gasteiger partial charge in [-0.1, -0.05) is 18.2 Å². The quantitative estimate of drug-likeness (QED) is 0.894. The lowest BCUT2D eigenvalue weighted by Crippen LogP contribution is -2.36. The number of rotatable bonds is 5. The number of sulfonamides is 1. The Labute approximate surface area is 141 Å². The summed E-state index contributed by atoms with van der Waals surface area (Å²) in [5.41, 5.74) is 0.494. The van der Waals surface area contributed by atoms with Gasteiger partial charge in [-0.05, 0) is 31.2 Å². The molecule has 1 aliphatic rings. The molecule has 1 N–H and O–H groups in total. The van der Waals surface area contributed by atoms with Gasteiger partial charge in [0.15, 0.2) is 11.5 Å². The largest absolute Gasteiger partial charge is 0.486 e. The minimum atomic E-state index is -3.84. The molecule has 3 rings (SSSR count). The van der Waals surface area contributed by atoms with Crippen LogP contribution in [0.3, 0.4) is 0 Å². The maximum Gasteiger partial charge on any atom is 0.264 e. The number of para-hydroxylation sites is 1. The molecule has 24 heavy (non-hydrogen) atoms. The van der Waals surface area contributed by atoms with Crippen LogP contribution in [0.1, 0.15) is 6.92 Å². The summed E-state index contributed by atoms with van der Waals surface area (Å²) in [6.07, 6.45) is -0.808. The summed E-state index contributed by atoms with van der Waals surface area (Å²) in [4.78, 5) is 0.0938. The van der Waals surface area contributed by atoms with E-state index >= 15 is 0 Å². The second-order valence-electron chi connectivity index (χ2n) is 5.53. The predicted octanol–water partition coefficient (Wildman–Crippen LogP) is 2.03. The van der Waals surface area contributed by atoms with Crippen LogP contribution in [0.25, 0.3) is 0 Å². The number of benzene rings is 2. The van der Waals surface area contributed by atoms with Crippen molar-refractivity contribution in [3.05, 3.63) is 48.5 Å². The molecule has 0 radical (unpaired) electrons. The molecule has 0 amide bonds. The Hall–Kier alpha value is -2.25. The minimum absolute atomic E-state index is 0.0409. The highest BCUT2D eigenvalue weighted by molar-refractivity contribution is 7.92. The van der Waals surface area contributed by atoms with Crippen LogP contribution in [-0.4, -0.2) is 39.4 Å². The summed E-state index contributed by atoms with van der Waals surface area (Å²) in [6, 6.07) is 13.2. The van der Waals surface area contributed by atoms with E-state index < -0.39 is 16.1 Å². The Morgan fingerprint density at radius 1 is 1.08 bits per heavy atom. The number of fused-ring (bicyclic) bond motifs is 1. The average molecular weight is 349 g/mol. The van der Waals surface area contributed by atoms with E-state index in [1.165, 1.54) is 16.4 Å². The highest BCUT2D eigenvalue weighted by Gasteiger charge is 2.27. The second kappa shape index (κ2) is 6.70. The Balaban J connectivity index is 2.02. The lowest BCUT2D eigenvalue weighted by atomic mass is 10.3. The molecule has 128 valence electrons. The highest BCUT2D eigenvalue weighted by atomic mass is 32.2. The van der Waals surface area contributed by atoms with Crippen LogP contribution >= 0.6 is 0 Å². The molecule has 0 saturated carbocycles. The fourth-order valence-corrected chi connectivity index (χ4v) is 4.05. The standard InChI is InChI=1S/C17H19NO5S/c1-13(19)12-18(14-5-3-2-4-6-14)24(20,21)15-7-8-16-17(11-15)23-10-9-22-16/h2-8,11,13,19H,9-10,12H2,1H3. The van der Waals surface area contributed by atoms with Gasteiger partial charge in [-0.3, -0.25) is 4.31 Å². The van der Waals surface area contributed by atoms with Crippen LogP contribution in [0.5, 0.6) is 11.5 Å². The minimum Gasteiger partial charge on any atom is -0.486 e. The molecule has 7 heteroatoms. The van der Waals surface area contributed by atoms with Crippen molar-refractivity contribution in [2.45, 2.75) is 17.9 Å². The zero-order valence-corrected chi connectivity index (χ0v) is 14.1. The van der Waals surface area contributed by atoms with E-state index in [0.717, 1.165) is 0 Å². The zero-order valence-electron chi connectivity index (χ0n) is 13.3. The van der Waals surface area contributed by atoms with E-state index in [2.05, 4.69) is 0 Å². The molecule has 6 nitrogen and oxygen atoms in total. The molecule has 0 bridgehead atoms. The zero-order chi connectivity index (χ0) is 17.2. The van der Waals surface area contributed by atoms with Crippen LogP contribution in [-0.2, 0) is 10.0 Å². The molecular weight excluding hydrogens is 330 g/mol. The van der Waals surface area contributed by atoms with Crippen LogP contribution in [0.4, 0.5) is 5.69 Å². The van der Waals surface area contributed by atoms with Gasteiger partial charge in [-0.25, -0.2) is 8.42 Å². The molecule has 0 spiro atoms. The van der Waals surface area contributed by atoms with E-state index in [1.54, 1.807) is 43.3 Å². The first-order valence-corrected chi connectivity index (χ1v) is 9.08. The molecule has 1 heterocycles. The summed E-state index contributed by atoms with van der Waals surface area (Å²) in [5, 5.41) is 9.74. The number of aliphatic hydroxyl groups is 1. The first-order valence-electron chi connectivity index (χ1n) is 7.64. The average Bonchev–Trinajstić information content (AvgIpc) is 2.59. The molecular formula is C17H19NO5S. The van der Waals surface area contributed by atoms with Crippen molar-refractivity contribution in [1.29, 1.82) is 0 Å². The van der Waals surface area contributed by atoms with Gasteiger partial charge < -0.3 is 14.6 Å². The number of aliphatic hydroxyl groups excluding tert-OH is 1. The van der Waals surface area contributed by atoms with E-state index in [4.69, 9.17) is 9.47 Å².